The lowest BCUT2D eigenvalue weighted by Crippen LogP contribution is -2.42. The second-order valence-corrected chi connectivity index (χ2v) is 5.48. The van der Waals surface area contributed by atoms with E-state index in [1.165, 1.54) is 18.4 Å². The SMILES string of the molecule is COCCCC(N)C(=O)NC(c1ccccc1)C1CC1. The number of nitrogens with two attached hydrogens (primary N) is 1. The van der Waals surface area contributed by atoms with Gasteiger partial charge in [-0.1, -0.05) is 30.3 Å². The molecular weight excluding hydrogens is 252 g/mol. The Morgan fingerprint density at radius 3 is 2.70 bits per heavy atom. The summed E-state index contributed by atoms with van der Waals surface area (Å²) in [5.74, 6) is 0.509. The van der Waals surface area contributed by atoms with Gasteiger partial charge in [-0.05, 0) is 37.2 Å². The van der Waals surface area contributed by atoms with Crippen molar-refractivity contribution in [3.63, 3.8) is 0 Å². The maximum atomic E-state index is 12.2. The standard InChI is InChI=1S/C16H24N2O2/c1-20-11-5-8-14(17)16(19)18-15(13-9-10-13)12-6-3-2-4-7-12/h2-4,6-7,13-15H,5,8-11,17H2,1H3,(H,18,19). The number of benzene rings is 1. The Hall–Kier alpha value is -1.39. The number of carbonyl (C=O) groups is 1. The largest absolute Gasteiger partial charge is 0.385 e. The molecule has 1 aliphatic rings. The first-order valence-electron chi connectivity index (χ1n) is 7.32. The molecule has 1 aromatic carbocycles. The molecule has 0 bridgehead atoms. The van der Waals surface area contributed by atoms with Crippen molar-refractivity contribution in [3.8, 4) is 0 Å². The Bertz CT molecular complexity index is 418. The van der Waals surface area contributed by atoms with E-state index in [0.29, 0.717) is 18.9 Å². The zero-order chi connectivity index (χ0) is 14.4. The Morgan fingerprint density at radius 1 is 1.40 bits per heavy atom. The van der Waals surface area contributed by atoms with E-state index in [9.17, 15) is 4.79 Å². The fraction of sp³-hybridized carbons (Fsp3) is 0.562. The highest BCUT2D eigenvalue weighted by Gasteiger charge is 2.34. The molecule has 0 radical (unpaired) electrons. The van der Waals surface area contributed by atoms with E-state index in [1.807, 2.05) is 18.2 Å². The van der Waals surface area contributed by atoms with E-state index in [1.54, 1.807) is 7.11 Å². The van der Waals surface area contributed by atoms with Crippen molar-refractivity contribution >= 4 is 5.91 Å². The van der Waals surface area contributed by atoms with Gasteiger partial charge in [0.1, 0.15) is 0 Å². The quantitative estimate of drug-likeness (QED) is 0.714. The summed E-state index contributed by atoms with van der Waals surface area (Å²) >= 11 is 0. The Balaban J connectivity index is 1.90. The second-order valence-electron chi connectivity index (χ2n) is 5.48. The van der Waals surface area contributed by atoms with Crippen LogP contribution >= 0.6 is 0 Å². The van der Waals surface area contributed by atoms with Crippen molar-refractivity contribution < 1.29 is 9.53 Å². The van der Waals surface area contributed by atoms with Crippen molar-refractivity contribution in [1.29, 1.82) is 0 Å². The molecule has 1 amide bonds. The molecule has 1 aromatic rings. The van der Waals surface area contributed by atoms with Gasteiger partial charge in [0.2, 0.25) is 5.91 Å². The molecule has 0 saturated heterocycles. The first-order chi connectivity index (χ1) is 9.72. The summed E-state index contributed by atoms with van der Waals surface area (Å²) in [4.78, 5) is 12.2. The third-order valence-corrected chi connectivity index (χ3v) is 3.75. The smallest absolute Gasteiger partial charge is 0.237 e. The molecule has 1 aliphatic carbocycles. The number of hydrogen-bond donors (Lipinski definition) is 2. The number of ether oxygens (including phenoxy) is 1. The second kappa shape index (κ2) is 7.41. The van der Waals surface area contributed by atoms with Crippen molar-refractivity contribution in [2.75, 3.05) is 13.7 Å². The van der Waals surface area contributed by atoms with E-state index >= 15 is 0 Å². The monoisotopic (exact) mass is 276 g/mol. The van der Waals surface area contributed by atoms with Crippen molar-refractivity contribution in [2.24, 2.45) is 11.7 Å². The minimum absolute atomic E-state index is 0.0538. The zero-order valence-electron chi connectivity index (χ0n) is 12.0. The van der Waals surface area contributed by atoms with Gasteiger partial charge < -0.3 is 15.8 Å². The molecule has 4 nitrogen and oxygen atoms in total. The van der Waals surface area contributed by atoms with Crippen molar-refractivity contribution in [3.05, 3.63) is 35.9 Å². The average molecular weight is 276 g/mol. The van der Waals surface area contributed by atoms with Crippen LogP contribution in [0.15, 0.2) is 30.3 Å². The summed E-state index contributed by atoms with van der Waals surface area (Å²) in [5.41, 5.74) is 7.11. The van der Waals surface area contributed by atoms with E-state index in [0.717, 1.165) is 6.42 Å². The topological polar surface area (TPSA) is 64.3 Å². The third-order valence-electron chi connectivity index (χ3n) is 3.75. The summed E-state index contributed by atoms with van der Waals surface area (Å²) in [7, 11) is 1.66. The maximum Gasteiger partial charge on any atom is 0.237 e. The van der Waals surface area contributed by atoms with Crippen LogP contribution in [0.1, 0.15) is 37.3 Å². The molecule has 2 unspecified atom stereocenters. The lowest BCUT2D eigenvalue weighted by atomic mass is 10.0. The van der Waals surface area contributed by atoms with Crippen molar-refractivity contribution in [1.82, 2.24) is 5.32 Å². The molecule has 2 atom stereocenters. The van der Waals surface area contributed by atoms with Crippen LogP contribution in [0.2, 0.25) is 0 Å². The van der Waals surface area contributed by atoms with Crippen LogP contribution in [0.4, 0.5) is 0 Å². The fourth-order valence-electron chi connectivity index (χ4n) is 2.40. The number of methoxy groups -OCH3 is 1. The third kappa shape index (κ3) is 4.32. The Labute approximate surface area is 120 Å². The highest BCUT2D eigenvalue weighted by molar-refractivity contribution is 5.81. The average Bonchev–Trinajstić information content (AvgIpc) is 3.30. The zero-order valence-corrected chi connectivity index (χ0v) is 12.0. The highest BCUT2D eigenvalue weighted by Crippen LogP contribution is 2.40. The van der Waals surface area contributed by atoms with Gasteiger partial charge in [0.05, 0.1) is 12.1 Å². The molecule has 0 aliphatic heterocycles. The molecule has 110 valence electrons. The van der Waals surface area contributed by atoms with Gasteiger partial charge in [-0.2, -0.15) is 0 Å². The number of hydrogen-bond acceptors (Lipinski definition) is 3. The summed E-state index contributed by atoms with van der Waals surface area (Å²) in [6, 6.07) is 9.81. The predicted octanol–water partition coefficient (Wildman–Crippen LogP) is 2.01. The molecule has 3 N–H and O–H groups in total. The van der Waals surface area contributed by atoms with Gasteiger partial charge in [-0.3, -0.25) is 4.79 Å². The van der Waals surface area contributed by atoms with Crippen LogP contribution in [-0.2, 0) is 9.53 Å². The number of amides is 1. The van der Waals surface area contributed by atoms with Gasteiger partial charge in [-0.15, -0.1) is 0 Å². The molecule has 2 rings (SSSR count). The number of nitrogens with one attached hydrogen (secondary N) is 1. The fourth-order valence-corrected chi connectivity index (χ4v) is 2.40. The van der Waals surface area contributed by atoms with E-state index in [2.05, 4.69) is 17.4 Å². The van der Waals surface area contributed by atoms with E-state index in [4.69, 9.17) is 10.5 Å². The summed E-state index contributed by atoms with van der Waals surface area (Å²) < 4.78 is 4.98. The van der Waals surface area contributed by atoms with Crippen LogP contribution in [0, 0.1) is 5.92 Å². The van der Waals surface area contributed by atoms with Gasteiger partial charge in [0, 0.05) is 13.7 Å². The van der Waals surface area contributed by atoms with E-state index < -0.39 is 6.04 Å². The van der Waals surface area contributed by atoms with Gasteiger partial charge in [0.25, 0.3) is 0 Å². The normalized spacial score (nSPS) is 17.5. The highest BCUT2D eigenvalue weighted by atomic mass is 16.5. The molecule has 1 fully saturated rings. The lowest BCUT2D eigenvalue weighted by Gasteiger charge is -2.21. The van der Waals surface area contributed by atoms with Crippen LogP contribution < -0.4 is 11.1 Å². The predicted molar refractivity (Wildman–Crippen MR) is 79.1 cm³/mol. The van der Waals surface area contributed by atoms with E-state index in [-0.39, 0.29) is 11.9 Å². The summed E-state index contributed by atoms with van der Waals surface area (Å²) in [6.45, 7) is 0.645. The Kier molecular flexibility index (Phi) is 5.56. The van der Waals surface area contributed by atoms with Gasteiger partial charge in [-0.25, -0.2) is 0 Å². The van der Waals surface area contributed by atoms with Crippen LogP contribution in [0.25, 0.3) is 0 Å². The van der Waals surface area contributed by atoms with Crippen LogP contribution in [0.5, 0.6) is 0 Å². The molecule has 4 heteroatoms. The summed E-state index contributed by atoms with van der Waals surface area (Å²) in [6.07, 6.45) is 3.83. The molecule has 0 aromatic heterocycles. The summed E-state index contributed by atoms with van der Waals surface area (Å²) in [5, 5.41) is 3.12. The lowest BCUT2D eigenvalue weighted by molar-refractivity contribution is -0.123. The first kappa shape index (κ1) is 15.0. The minimum Gasteiger partial charge on any atom is -0.385 e. The number of carbonyl (C=O) groups excluding carboxylic acids is 1. The molecular formula is C16H24N2O2. The minimum atomic E-state index is -0.449. The van der Waals surface area contributed by atoms with Crippen LogP contribution in [0.3, 0.4) is 0 Å². The van der Waals surface area contributed by atoms with Crippen LogP contribution in [-0.4, -0.2) is 25.7 Å². The maximum absolute atomic E-state index is 12.2. The Morgan fingerprint density at radius 2 is 2.10 bits per heavy atom. The van der Waals surface area contributed by atoms with Gasteiger partial charge in [0.15, 0.2) is 0 Å². The molecule has 1 saturated carbocycles. The molecule has 20 heavy (non-hydrogen) atoms. The van der Waals surface area contributed by atoms with Gasteiger partial charge >= 0.3 is 0 Å². The van der Waals surface area contributed by atoms with Crippen molar-refractivity contribution in [2.45, 2.75) is 37.8 Å². The molecule has 0 heterocycles. The molecule has 0 spiro atoms. The number of rotatable bonds is 8. The first-order valence-corrected chi connectivity index (χ1v) is 7.32.